The fourth-order valence-electron chi connectivity index (χ4n) is 9.25. The molecule has 68 heavy (non-hydrogen) atoms. The fourth-order valence-corrected chi connectivity index (χ4v) is 9.25. The smallest absolute Gasteiger partial charge is 0.305 e. The highest BCUT2D eigenvalue weighted by Gasteiger charge is 2.20. The molecule has 0 bridgehead atoms. The van der Waals surface area contributed by atoms with Crippen molar-refractivity contribution in [2.45, 2.75) is 334 Å². The van der Waals surface area contributed by atoms with Gasteiger partial charge in [0, 0.05) is 12.8 Å². The van der Waals surface area contributed by atoms with Crippen LogP contribution in [0.5, 0.6) is 0 Å². The van der Waals surface area contributed by atoms with Crippen LogP contribution >= 0.6 is 0 Å². The van der Waals surface area contributed by atoms with Gasteiger partial charge in [-0.1, -0.05) is 262 Å². The standard InChI is InChI=1S/C62H117NO5/c1-3-5-7-9-11-13-15-17-18-25-29-32-36-40-44-48-52-56-62(67)68-57-53-49-45-41-37-33-30-27-24-22-20-19-21-23-26-28-31-35-39-43-47-51-55-61(66)63-59(58-64)60(65)54-50-46-42-38-34-16-14-12-10-8-6-4-2/h11,13,17-18,21,23,59-60,64-65H,3-10,12,14-16,19-20,22,24-58H2,1-2H3,(H,63,66)/b13-11-,18-17-,23-21-. The van der Waals surface area contributed by atoms with E-state index >= 15 is 0 Å². The molecule has 0 saturated heterocycles. The summed E-state index contributed by atoms with van der Waals surface area (Å²) in [5, 5.41) is 23.2. The number of esters is 1. The molecule has 3 N–H and O–H groups in total. The maximum atomic E-state index is 12.4. The van der Waals surface area contributed by atoms with Gasteiger partial charge in [0.15, 0.2) is 0 Å². The van der Waals surface area contributed by atoms with Crippen LogP contribution in [-0.2, 0) is 14.3 Å². The number of ether oxygens (including phenoxy) is 1. The molecule has 0 spiro atoms. The van der Waals surface area contributed by atoms with E-state index in [0.29, 0.717) is 25.9 Å². The second kappa shape index (κ2) is 57.7. The van der Waals surface area contributed by atoms with Crippen molar-refractivity contribution in [3.63, 3.8) is 0 Å². The third kappa shape index (κ3) is 53.4. The van der Waals surface area contributed by atoms with Crippen molar-refractivity contribution in [3.05, 3.63) is 36.5 Å². The van der Waals surface area contributed by atoms with Gasteiger partial charge in [-0.15, -0.1) is 0 Å². The van der Waals surface area contributed by atoms with Crippen LogP contribution in [-0.4, -0.2) is 47.4 Å². The number of unbranched alkanes of at least 4 members (excludes halogenated alkanes) is 39. The molecule has 2 unspecified atom stereocenters. The lowest BCUT2D eigenvalue weighted by atomic mass is 10.0. The van der Waals surface area contributed by atoms with Gasteiger partial charge in [-0.05, 0) is 83.5 Å². The normalized spacial score (nSPS) is 12.8. The molecule has 0 aliphatic carbocycles. The largest absolute Gasteiger partial charge is 0.466 e. The summed E-state index contributed by atoms with van der Waals surface area (Å²) in [4.78, 5) is 24.5. The lowest BCUT2D eigenvalue weighted by Crippen LogP contribution is -2.45. The fraction of sp³-hybridized carbons (Fsp3) is 0.871. The van der Waals surface area contributed by atoms with Crippen molar-refractivity contribution in [3.8, 4) is 0 Å². The number of carbonyl (C=O) groups excluding carboxylic acids is 2. The van der Waals surface area contributed by atoms with Crippen LogP contribution in [0.25, 0.3) is 0 Å². The van der Waals surface area contributed by atoms with E-state index in [4.69, 9.17) is 4.74 Å². The molecule has 0 aromatic carbocycles. The first-order valence-electron chi connectivity index (χ1n) is 30.2. The van der Waals surface area contributed by atoms with Crippen LogP contribution in [0.4, 0.5) is 0 Å². The van der Waals surface area contributed by atoms with Crippen LogP contribution in [0, 0.1) is 0 Å². The molecule has 0 radical (unpaired) electrons. The average Bonchev–Trinajstić information content (AvgIpc) is 3.34. The molecule has 400 valence electrons. The Morgan fingerprint density at radius 3 is 1.16 bits per heavy atom. The molecule has 0 aliphatic heterocycles. The molecule has 0 aliphatic rings. The highest BCUT2D eigenvalue weighted by Crippen LogP contribution is 2.17. The number of rotatable bonds is 56. The van der Waals surface area contributed by atoms with Gasteiger partial charge in [-0.3, -0.25) is 9.59 Å². The summed E-state index contributed by atoms with van der Waals surface area (Å²) in [6.45, 7) is 4.92. The van der Waals surface area contributed by atoms with Gasteiger partial charge in [-0.25, -0.2) is 0 Å². The summed E-state index contributed by atoms with van der Waals surface area (Å²) in [6.07, 6.45) is 71.5. The van der Waals surface area contributed by atoms with Gasteiger partial charge >= 0.3 is 5.97 Å². The van der Waals surface area contributed by atoms with E-state index in [1.54, 1.807) is 0 Å². The molecule has 2 atom stereocenters. The monoisotopic (exact) mass is 956 g/mol. The first kappa shape index (κ1) is 66.1. The van der Waals surface area contributed by atoms with Crippen molar-refractivity contribution >= 4 is 11.9 Å². The van der Waals surface area contributed by atoms with Crippen molar-refractivity contribution in [2.24, 2.45) is 0 Å². The second-order valence-corrected chi connectivity index (χ2v) is 20.7. The molecular formula is C62H117NO5. The summed E-state index contributed by atoms with van der Waals surface area (Å²) < 4.78 is 5.48. The van der Waals surface area contributed by atoms with Gasteiger partial charge in [0.05, 0.1) is 25.4 Å². The van der Waals surface area contributed by atoms with E-state index in [9.17, 15) is 19.8 Å². The minimum absolute atomic E-state index is 0.00211. The number of carbonyl (C=O) groups is 2. The number of hydrogen-bond donors (Lipinski definition) is 3. The first-order chi connectivity index (χ1) is 33.5. The Morgan fingerprint density at radius 2 is 0.735 bits per heavy atom. The Kier molecular flexibility index (Phi) is 56.0. The molecule has 0 heterocycles. The number of aliphatic hydroxyl groups excluding tert-OH is 2. The number of allylic oxidation sites excluding steroid dienone is 6. The minimum atomic E-state index is -0.668. The zero-order valence-corrected chi connectivity index (χ0v) is 45.6. The predicted octanol–water partition coefficient (Wildman–Crippen LogP) is 18.8. The lowest BCUT2D eigenvalue weighted by Gasteiger charge is -2.22. The zero-order valence-electron chi connectivity index (χ0n) is 45.6. The van der Waals surface area contributed by atoms with Crippen molar-refractivity contribution in [1.82, 2.24) is 5.32 Å². The Labute approximate surface area is 424 Å². The van der Waals surface area contributed by atoms with Crippen molar-refractivity contribution in [2.75, 3.05) is 13.2 Å². The van der Waals surface area contributed by atoms with Crippen molar-refractivity contribution < 1.29 is 24.5 Å². The summed E-state index contributed by atoms with van der Waals surface area (Å²) in [7, 11) is 0. The lowest BCUT2D eigenvalue weighted by molar-refractivity contribution is -0.143. The number of hydrogen-bond acceptors (Lipinski definition) is 5. The summed E-state index contributed by atoms with van der Waals surface area (Å²) in [5.41, 5.74) is 0. The maximum Gasteiger partial charge on any atom is 0.305 e. The molecule has 0 aromatic heterocycles. The van der Waals surface area contributed by atoms with Gasteiger partial charge in [0.2, 0.25) is 5.91 Å². The van der Waals surface area contributed by atoms with Crippen LogP contribution in [0.1, 0.15) is 322 Å². The van der Waals surface area contributed by atoms with Crippen LogP contribution in [0.2, 0.25) is 0 Å². The Balaban J connectivity index is 3.40. The summed E-state index contributed by atoms with van der Waals surface area (Å²) >= 11 is 0. The summed E-state index contributed by atoms with van der Waals surface area (Å²) in [5.74, 6) is -0.0402. The average molecular weight is 957 g/mol. The van der Waals surface area contributed by atoms with Crippen molar-refractivity contribution in [1.29, 1.82) is 0 Å². The summed E-state index contributed by atoms with van der Waals surface area (Å²) in [6, 6.07) is -0.546. The van der Waals surface area contributed by atoms with E-state index in [1.165, 1.54) is 238 Å². The van der Waals surface area contributed by atoms with E-state index in [0.717, 1.165) is 51.4 Å². The van der Waals surface area contributed by atoms with Crippen LogP contribution in [0.15, 0.2) is 36.5 Å². The quantitative estimate of drug-likeness (QED) is 0.0321. The highest BCUT2D eigenvalue weighted by molar-refractivity contribution is 5.76. The van der Waals surface area contributed by atoms with Crippen LogP contribution < -0.4 is 5.32 Å². The highest BCUT2D eigenvalue weighted by atomic mass is 16.5. The minimum Gasteiger partial charge on any atom is -0.466 e. The first-order valence-corrected chi connectivity index (χ1v) is 30.2. The van der Waals surface area contributed by atoms with Crippen LogP contribution in [0.3, 0.4) is 0 Å². The molecule has 6 heteroatoms. The third-order valence-electron chi connectivity index (χ3n) is 13.9. The number of amides is 1. The zero-order chi connectivity index (χ0) is 49.3. The Hall–Kier alpha value is -1.92. The molecule has 0 rings (SSSR count). The third-order valence-corrected chi connectivity index (χ3v) is 13.9. The molecule has 0 saturated carbocycles. The van der Waals surface area contributed by atoms with E-state index < -0.39 is 12.1 Å². The Morgan fingerprint density at radius 1 is 0.412 bits per heavy atom. The molecule has 1 amide bonds. The number of aliphatic hydroxyl groups is 2. The molecule has 6 nitrogen and oxygen atoms in total. The topological polar surface area (TPSA) is 95.9 Å². The van der Waals surface area contributed by atoms with Gasteiger partial charge < -0.3 is 20.3 Å². The Bertz CT molecular complexity index is 1100. The predicted molar refractivity (Wildman–Crippen MR) is 296 cm³/mol. The molecular weight excluding hydrogens is 839 g/mol. The number of nitrogens with one attached hydrogen (secondary N) is 1. The molecule has 0 aromatic rings. The van der Waals surface area contributed by atoms with E-state index in [2.05, 4.69) is 55.6 Å². The molecule has 0 fully saturated rings. The SMILES string of the molecule is CCCCC/C=C\C/C=C\CCCCCCCCCC(=O)OCCCCCCCCCCCCC/C=C\CCCCCCCCCC(=O)NC(CO)C(O)CCCCCCCCCCCCCC. The van der Waals surface area contributed by atoms with E-state index in [-0.39, 0.29) is 18.5 Å². The van der Waals surface area contributed by atoms with E-state index in [1.807, 2.05) is 0 Å². The van der Waals surface area contributed by atoms with Gasteiger partial charge in [0.25, 0.3) is 0 Å². The van der Waals surface area contributed by atoms with Gasteiger partial charge in [-0.2, -0.15) is 0 Å². The maximum absolute atomic E-state index is 12.4. The van der Waals surface area contributed by atoms with Gasteiger partial charge in [0.1, 0.15) is 0 Å². The second-order valence-electron chi connectivity index (χ2n) is 20.7.